The van der Waals surface area contributed by atoms with Crippen molar-refractivity contribution in [3.63, 3.8) is 0 Å². The number of pyridine rings is 1. The van der Waals surface area contributed by atoms with Gasteiger partial charge in [-0.05, 0) is 6.07 Å². The summed E-state index contributed by atoms with van der Waals surface area (Å²) in [5, 5.41) is 0.452. The van der Waals surface area contributed by atoms with Crippen LogP contribution in [-0.4, -0.2) is 18.3 Å². The molecule has 0 aliphatic heterocycles. The summed E-state index contributed by atoms with van der Waals surface area (Å²) < 4.78 is 6.27. The molecule has 0 bridgehead atoms. The maximum absolute atomic E-state index is 11.4. The fourth-order valence-corrected chi connectivity index (χ4v) is 1.21. The Morgan fingerprint density at radius 1 is 1.69 bits per heavy atom. The number of hydrogen-bond donors (Lipinski definition) is 1. The Balaban J connectivity index is 2.99. The number of ether oxygens (including phenoxy) is 1. The molecule has 0 atom stereocenters. The average Bonchev–Trinajstić information content (AvgIpc) is 2.09. The van der Waals surface area contributed by atoms with Crippen LogP contribution in [-0.2, 0) is 11.3 Å². The van der Waals surface area contributed by atoms with E-state index in [2.05, 4.69) is 0 Å². The van der Waals surface area contributed by atoms with Crippen LogP contribution < -0.4 is 11.3 Å². The highest BCUT2D eigenvalue weighted by atomic mass is 35.5. The molecule has 0 spiro atoms. The van der Waals surface area contributed by atoms with Gasteiger partial charge >= 0.3 is 0 Å². The molecule has 1 heterocycles. The summed E-state index contributed by atoms with van der Waals surface area (Å²) in [6, 6.07) is 1.44. The lowest BCUT2D eigenvalue weighted by Gasteiger charge is -2.05. The number of nitrogens with zero attached hydrogens (tertiary/aromatic N) is 1. The number of nitrogen functional groups attached to an aromatic ring is 1. The smallest absolute Gasteiger partial charge is 0.273 e. The molecule has 0 fully saturated rings. The standard InChI is InChI=1S/C8H11ClN2O2/c1-13-3-2-11-5-6(9)4-7(10)8(11)12/h4-5H,2-3,10H2,1H3. The van der Waals surface area contributed by atoms with Gasteiger partial charge in [0.05, 0.1) is 17.3 Å². The van der Waals surface area contributed by atoms with E-state index in [1.54, 1.807) is 13.3 Å². The van der Waals surface area contributed by atoms with E-state index >= 15 is 0 Å². The van der Waals surface area contributed by atoms with Gasteiger partial charge in [0.15, 0.2) is 0 Å². The highest BCUT2D eigenvalue weighted by Gasteiger charge is 2.01. The minimum Gasteiger partial charge on any atom is -0.394 e. The molecular weight excluding hydrogens is 192 g/mol. The lowest BCUT2D eigenvalue weighted by molar-refractivity contribution is 0.186. The third-order valence-corrected chi connectivity index (χ3v) is 1.82. The summed E-state index contributed by atoms with van der Waals surface area (Å²) in [5.74, 6) is 0. The number of methoxy groups -OCH3 is 1. The number of nitrogens with two attached hydrogens (primary N) is 1. The van der Waals surface area contributed by atoms with Crippen molar-refractivity contribution in [2.24, 2.45) is 0 Å². The SMILES string of the molecule is COCCn1cc(Cl)cc(N)c1=O. The van der Waals surface area contributed by atoms with E-state index in [1.165, 1.54) is 10.6 Å². The molecule has 0 aromatic carbocycles. The van der Waals surface area contributed by atoms with Crippen LogP contribution in [0.1, 0.15) is 0 Å². The number of anilines is 1. The highest BCUT2D eigenvalue weighted by molar-refractivity contribution is 6.30. The van der Waals surface area contributed by atoms with Gasteiger partial charge in [0.25, 0.3) is 5.56 Å². The quantitative estimate of drug-likeness (QED) is 0.786. The Labute approximate surface area is 80.9 Å². The number of hydrogen-bond acceptors (Lipinski definition) is 3. The van der Waals surface area contributed by atoms with Crippen molar-refractivity contribution in [3.05, 3.63) is 27.6 Å². The second kappa shape index (κ2) is 4.30. The first-order valence-electron chi connectivity index (χ1n) is 3.79. The minimum atomic E-state index is -0.235. The van der Waals surface area contributed by atoms with Gasteiger partial charge in [0.1, 0.15) is 0 Å². The molecule has 5 heteroatoms. The molecule has 1 rings (SSSR count). The predicted molar refractivity (Wildman–Crippen MR) is 52.0 cm³/mol. The molecule has 13 heavy (non-hydrogen) atoms. The zero-order chi connectivity index (χ0) is 9.84. The van der Waals surface area contributed by atoms with Crippen LogP contribution in [0.3, 0.4) is 0 Å². The summed E-state index contributed by atoms with van der Waals surface area (Å²) in [6.07, 6.45) is 1.54. The lowest BCUT2D eigenvalue weighted by atomic mass is 10.4. The lowest BCUT2D eigenvalue weighted by Crippen LogP contribution is -2.23. The van der Waals surface area contributed by atoms with Crippen LogP contribution >= 0.6 is 11.6 Å². The topological polar surface area (TPSA) is 57.2 Å². The van der Waals surface area contributed by atoms with Crippen LogP contribution in [0.5, 0.6) is 0 Å². The number of halogens is 1. The van der Waals surface area contributed by atoms with Gasteiger partial charge in [0.2, 0.25) is 0 Å². The molecule has 0 saturated heterocycles. The van der Waals surface area contributed by atoms with Gasteiger partial charge in [0, 0.05) is 19.9 Å². The van der Waals surface area contributed by atoms with Crippen molar-refractivity contribution >= 4 is 17.3 Å². The molecule has 4 nitrogen and oxygen atoms in total. The molecule has 0 aliphatic carbocycles. The van der Waals surface area contributed by atoms with Crippen LogP contribution in [0.2, 0.25) is 5.02 Å². The fourth-order valence-electron chi connectivity index (χ4n) is 0.977. The molecule has 2 N–H and O–H groups in total. The molecule has 1 aromatic heterocycles. The largest absolute Gasteiger partial charge is 0.394 e. The first-order valence-corrected chi connectivity index (χ1v) is 4.17. The zero-order valence-corrected chi connectivity index (χ0v) is 8.04. The molecule has 1 aromatic rings. The molecule has 0 aliphatic rings. The highest BCUT2D eigenvalue weighted by Crippen LogP contribution is 2.07. The molecular formula is C8H11ClN2O2. The Kier molecular flexibility index (Phi) is 3.33. The number of rotatable bonds is 3. The molecule has 0 saturated carbocycles. The van der Waals surface area contributed by atoms with E-state index in [9.17, 15) is 4.79 Å². The normalized spacial score (nSPS) is 10.3. The van der Waals surface area contributed by atoms with Crippen molar-refractivity contribution in [3.8, 4) is 0 Å². The van der Waals surface area contributed by atoms with Crippen molar-refractivity contribution < 1.29 is 4.74 Å². The third-order valence-electron chi connectivity index (χ3n) is 1.62. The first kappa shape index (κ1) is 10.1. The van der Waals surface area contributed by atoms with Crippen molar-refractivity contribution in [2.45, 2.75) is 6.54 Å². The van der Waals surface area contributed by atoms with Gasteiger partial charge in [-0.2, -0.15) is 0 Å². The van der Waals surface area contributed by atoms with Crippen molar-refractivity contribution in [1.82, 2.24) is 4.57 Å². The predicted octanol–water partition coefficient (Wildman–Crippen LogP) is 0.730. The third kappa shape index (κ3) is 2.47. The Morgan fingerprint density at radius 3 is 3.00 bits per heavy atom. The average molecular weight is 203 g/mol. The summed E-state index contributed by atoms with van der Waals surface area (Å²) in [5.41, 5.74) is 5.36. The van der Waals surface area contributed by atoms with Crippen molar-refractivity contribution in [1.29, 1.82) is 0 Å². The Bertz CT molecular complexity index is 348. The molecule has 72 valence electrons. The maximum Gasteiger partial charge on any atom is 0.273 e. The molecule has 0 unspecified atom stereocenters. The van der Waals surface area contributed by atoms with E-state index in [4.69, 9.17) is 22.1 Å². The van der Waals surface area contributed by atoms with E-state index < -0.39 is 0 Å². The zero-order valence-electron chi connectivity index (χ0n) is 7.29. The summed E-state index contributed by atoms with van der Waals surface area (Å²) >= 11 is 5.72. The van der Waals surface area contributed by atoms with Crippen LogP contribution in [0, 0.1) is 0 Å². The Hall–Kier alpha value is -1.00. The maximum atomic E-state index is 11.4. The van der Waals surface area contributed by atoms with E-state index in [-0.39, 0.29) is 11.2 Å². The first-order chi connectivity index (χ1) is 6.15. The molecule has 0 amide bonds. The summed E-state index contributed by atoms with van der Waals surface area (Å²) in [7, 11) is 1.57. The molecule has 0 radical (unpaired) electrons. The van der Waals surface area contributed by atoms with Crippen LogP contribution in [0.15, 0.2) is 17.1 Å². The Morgan fingerprint density at radius 2 is 2.38 bits per heavy atom. The van der Waals surface area contributed by atoms with Gasteiger partial charge < -0.3 is 15.0 Å². The van der Waals surface area contributed by atoms with Gasteiger partial charge in [-0.1, -0.05) is 11.6 Å². The van der Waals surface area contributed by atoms with Gasteiger partial charge in [-0.3, -0.25) is 4.79 Å². The van der Waals surface area contributed by atoms with E-state index in [0.29, 0.717) is 18.2 Å². The van der Waals surface area contributed by atoms with Gasteiger partial charge in [-0.25, -0.2) is 0 Å². The summed E-state index contributed by atoms with van der Waals surface area (Å²) in [4.78, 5) is 11.4. The van der Waals surface area contributed by atoms with Crippen molar-refractivity contribution in [2.75, 3.05) is 19.5 Å². The monoisotopic (exact) mass is 202 g/mol. The second-order valence-corrected chi connectivity index (χ2v) is 3.04. The second-order valence-electron chi connectivity index (χ2n) is 2.61. The number of aromatic nitrogens is 1. The van der Waals surface area contributed by atoms with Crippen LogP contribution in [0.25, 0.3) is 0 Å². The summed E-state index contributed by atoms with van der Waals surface area (Å²) in [6.45, 7) is 0.916. The van der Waals surface area contributed by atoms with Gasteiger partial charge in [-0.15, -0.1) is 0 Å². The fraction of sp³-hybridized carbons (Fsp3) is 0.375. The van der Waals surface area contributed by atoms with Crippen LogP contribution in [0.4, 0.5) is 5.69 Å². The van der Waals surface area contributed by atoms with E-state index in [0.717, 1.165) is 0 Å². The van der Waals surface area contributed by atoms with E-state index in [1.807, 2.05) is 0 Å². The minimum absolute atomic E-state index is 0.156.